The SMILES string of the molecule is COC(=O)Cn1c(=NC(=O)c2nn(C)cc2C)sc2cc(S(N)(=O)=O)ccc21. The van der Waals surface area contributed by atoms with Gasteiger partial charge in [-0.25, -0.2) is 13.6 Å². The molecule has 0 spiro atoms. The second-order valence-electron chi connectivity index (χ2n) is 5.97. The average Bonchev–Trinajstić information content (AvgIpc) is 3.13. The highest BCUT2D eigenvalue weighted by molar-refractivity contribution is 7.89. The number of sulfonamides is 1. The monoisotopic (exact) mass is 423 g/mol. The number of nitrogens with two attached hydrogens (primary N) is 1. The number of hydrogen-bond donors (Lipinski definition) is 1. The van der Waals surface area contributed by atoms with Crippen molar-refractivity contribution in [2.24, 2.45) is 17.2 Å². The number of benzene rings is 1. The third-order valence-corrected chi connectivity index (χ3v) is 5.86. The van der Waals surface area contributed by atoms with Gasteiger partial charge in [0.1, 0.15) is 6.54 Å². The van der Waals surface area contributed by atoms with Gasteiger partial charge in [0.25, 0.3) is 5.91 Å². The molecule has 0 aliphatic heterocycles. The normalized spacial score (nSPS) is 12.5. The summed E-state index contributed by atoms with van der Waals surface area (Å²) >= 11 is 1.06. The average molecular weight is 423 g/mol. The number of carbonyl (C=O) groups excluding carboxylic acids is 2. The third kappa shape index (κ3) is 3.88. The lowest BCUT2D eigenvalue weighted by Crippen LogP contribution is -2.22. The molecule has 3 rings (SSSR count). The number of aromatic nitrogens is 3. The van der Waals surface area contributed by atoms with Gasteiger partial charge in [-0.05, 0) is 25.1 Å². The lowest BCUT2D eigenvalue weighted by atomic mass is 10.3. The van der Waals surface area contributed by atoms with E-state index in [2.05, 4.69) is 10.1 Å². The highest BCUT2D eigenvalue weighted by atomic mass is 32.2. The van der Waals surface area contributed by atoms with Gasteiger partial charge in [0.2, 0.25) is 10.0 Å². The fourth-order valence-corrected chi connectivity index (χ4v) is 4.30. The van der Waals surface area contributed by atoms with Crippen LogP contribution in [0.5, 0.6) is 0 Å². The van der Waals surface area contributed by atoms with Crippen LogP contribution in [0.2, 0.25) is 0 Å². The van der Waals surface area contributed by atoms with E-state index in [1.54, 1.807) is 20.2 Å². The zero-order valence-corrected chi connectivity index (χ0v) is 16.9. The second-order valence-corrected chi connectivity index (χ2v) is 8.54. The molecule has 28 heavy (non-hydrogen) atoms. The van der Waals surface area contributed by atoms with E-state index >= 15 is 0 Å². The molecule has 0 aliphatic carbocycles. The molecule has 0 bridgehead atoms. The van der Waals surface area contributed by atoms with Crippen LogP contribution in [0.4, 0.5) is 0 Å². The van der Waals surface area contributed by atoms with Crippen LogP contribution in [-0.2, 0) is 33.1 Å². The van der Waals surface area contributed by atoms with Crippen molar-refractivity contribution >= 4 is 43.5 Å². The van der Waals surface area contributed by atoms with Gasteiger partial charge < -0.3 is 9.30 Å². The van der Waals surface area contributed by atoms with Crippen molar-refractivity contribution in [3.63, 3.8) is 0 Å². The zero-order valence-electron chi connectivity index (χ0n) is 15.2. The highest BCUT2D eigenvalue weighted by Gasteiger charge is 2.17. The van der Waals surface area contributed by atoms with E-state index in [4.69, 9.17) is 9.88 Å². The number of fused-ring (bicyclic) bond motifs is 1. The Morgan fingerprint density at radius 1 is 1.36 bits per heavy atom. The third-order valence-electron chi connectivity index (χ3n) is 3.91. The molecular weight excluding hydrogens is 406 g/mol. The molecule has 148 valence electrons. The van der Waals surface area contributed by atoms with Gasteiger partial charge in [0.15, 0.2) is 10.5 Å². The van der Waals surface area contributed by atoms with Gasteiger partial charge in [0, 0.05) is 18.8 Å². The minimum atomic E-state index is -3.90. The first-order valence-electron chi connectivity index (χ1n) is 7.92. The van der Waals surface area contributed by atoms with Crippen LogP contribution in [-0.4, -0.2) is 41.8 Å². The topological polar surface area (TPSA) is 139 Å². The van der Waals surface area contributed by atoms with Crippen LogP contribution in [0, 0.1) is 6.92 Å². The molecule has 2 N–H and O–H groups in total. The molecule has 0 saturated carbocycles. The maximum atomic E-state index is 12.6. The number of thiazole rings is 1. The number of hydrogen-bond acceptors (Lipinski definition) is 7. The quantitative estimate of drug-likeness (QED) is 0.599. The molecule has 1 aromatic carbocycles. The van der Waals surface area contributed by atoms with Crippen LogP contribution in [0.15, 0.2) is 34.3 Å². The predicted octanol–water partition coefficient (Wildman–Crippen LogP) is 0.306. The first-order chi connectivity index (χ1) is 13.1. The molecule has 12 heteroatoms. The second kappa shape index (κ2) is 7.30. The molecule has 10 nitrogen and oxygen atoms in total. The smallest absolute Gasteiger partial charge is 0.325 e. The van der Waals surface area contributed by atoms with E-state index in [9.17, 15) is 18.0 Å². The van der Waals surface area contributed by atoms with Gasteiger partial charge in [0.05, 0.1) is 22.2 Å². The molecule has 3 aromatic rings. The Morgan fingerprint density at radius 3 is 2.64 bits per heavy atom. The largest absolute Gasteiger partial charge is 0.468 e. The van der Waals surface area contributed by atoms with Crippen LogP contribution < -0.4 is 9.94 Å². The van der Waals surface area contributed by atoms with E-state index in [1.165, 1.54) is 34.6 Å². The summed E-state index contributed by atoms with van der Waals surface area (Å²) in [5.41, 5.74) is 1.37. The van der Waals surface area contributed by atoms with E-state index in [0.717, 1.165) is 11.3 Å². The Morgan fingerprint density at radius 2 is 2.07 bits per heavy atom. The summed E-state index contributed by atoms with van der Waals surface area (Å²) in [5, 5.41) is 9.27. The zero-order chi connectivity index (χ0) is 20.6. The number of amides is 1. The number of rotatable bonds is 4. The maximum absolute atomic E-state index is 12.6. The van der Waals surface area contributed by atoms with Gasteiger partial charge in [-0.2, -0.15) is 10.1 Å². The first kappa shape index (κ1) is 19.9. The van der Waals surface area contributed by atoms with Crippen molar-refractivity contribution in [3.05, 3.63) is 40.5 Å². The van der Waals surface area contributed by atoms with Gasteiger partial charge in [-0.3, -0.25) is 14.3 Å². The first-order valence-corrected chi connectivity index (χ1v) is 10.3. The Hall–Kier alpha value is -2.83. The highest BCUT2D eigenvalue weighted by Crippen LogP contribution is 2.21. The fourth-order valence-electron chi connectivity index (χ4n) is 2.62. The number of aryl methyl sites for hydroxylation is 2. The molecule has 0 fully saturated rings. The lowest BCUT2D eigenvalue weighted by molar-refractivity contribution is -0.141. The molecule has 1 amide bonds. The van der Waals surface area contributed by atoms with Gasteiger partial charge in [-0.1, -0.05) is 11.3 Å². The summed E-state index contributed by atoms with van der Waals surface area (Å²) in [6, 6.07) is 4.20. The number of nitrogens with zero attached hydrogens (tertiary/aromatic N) is 4. The molecule has 2 heterocycles. The summed E-state index contributed by atoms with van der Waals surface area (Å²) in [5.74, 6) is -1.12. The van der Waals surface area contributed by atoms with Crippen molar-refractivity contribution in [1.29, 1.82) is 0 Å². The molecule has 0 atom stereocenters. The maximum Gasteiger partial charge on any atom is 0.325 e. The minimum absolute atomic E-state index is 0.0788. The number of esters is 1. The molecule has 0 saturated heterocycles. The summed E-state index contributed by atoms with van der Waals surface area (Å²) in [6.45, 7) is 1.54. The number of methoxy groups -OCH3 is 1. The number of ether oxygens (including phenoxy) is 1. The summed E-state index contributed by atoms with van der Waals surface area (Å²) < 4.78 is 31.4. The molecule has 0 aliphatic rings. The van der Waals surface area contributed by atoms with Crippen LogP contribution in [0.3, 0.4) is 0 Å². The van der Waals surface area contributed by atoms with E-state index in [0.29, 0.717) is 15.8 Å². The van der Waals surface area contributed by atoms with Crippen molar-refractivity contribution in [1.82, 2.24) is 14.3 Å². The van der Waals surface area contributed by atoms with Gasteiger partial charge in [-0.15, -0.1) is 0 Å². The standard InChI is InChI=1S/C16H17N5O5S2/c1-9-7-20(2)19-14(9)15(23)18-16-21(8-13(22)26-3)11-5-4-10(28(17,24)25)6-12(11)27-16/h4-7H,8H2,1-3H3,(H2,17,24,25). The van der Waals surface area contributed by atoms with E-state index in [1.807, 2.05) is 0 Å². The lowest BCUT2D eigenvalue weighted by Gasteiger charge is -2.04. The molecular formula is C16H17N5O5S2. The van der Waals surface area contributed by atoms with Crippen molar-refractivity contribution in [2.45, 2.75) is 18.4 Å². The van der Waals surface area contributed by atoms with Crippen molar-refractivity contribution < 1.29 is 22.7 Å². The Bertz CT molecular complexity index is 1270. The molecule has 0 radical (unpaired) electrons. The van der Waals surface area contributed by atoms with E-state index in [-0.39, 0.29) is 21.9 Å². The fraction of sp³-hybridized carbons (Fsp3) is 0.250. The van der Waals surface area contributed by atoms with Crippen LogP contribution in [0.25, 0.3) is 10.2 Å². The van der Waals surface area contributed by atoms with E-state index < -0.39 is 21.9 Å². The number of carbonyl (C=O) groups is 2. The summed E-state index contributed by atoms with van der Waals surface area (Å²) in [4.78, 5) is 28.6. The summed E-state index contributed by atoms with van der Waals surface area (Å²) in [7, 11) is -0.963. The Labute approximate surface area is 163 Å². The van der Waals surface area contributed by atoms with Crippen LogP contribution in [0.1, 0.15) is 16.1 Å². The minimum Gasteiger partial charge on any atom is -0.468 e. The van der Waals surface area contributed by atoms with Gasteiger partial charge >= 0.3 is 5.97 Å². The predicted molar refractivity (Wildman–Crippen MR) is 101 cm³/mol. The Balaban J connectivity index is 2.21. The summed E-state index contributed by atoms with van der Waals surface area (Å²) in [6.07, 6.45) is 1.69. The molecule has 2 aromatic heterocycles. The Kier molecular flexibility index (Phi) is 5.19. The van der Waals surface area contributed by atoms with Crippen LogP contribution >= 0.6 is 11.3 Å². The molecule has 0 unspecified atom stereocenters. The van der Waals surface area contributed by atoms with Crippen molar-refractivity contribution in [2.75, 3.05) is 7.11 Å². The van der Waals surface area contributed by atoms with Crippen molar-refractivity contribution in [3.8, 4) is 0 Å². The number of primary sulfonamides is 1.